The largest absolute Gasteiger partial charge is 0.508 e. The Hall–Kier alpha value is -1.52. The van der Waals surface area contributed by atoms with Crippen molar-refractivity contribution < 1.29 is 14.6 Å². The van der Waals surface area contributed by atoms with Gasteiger partial charge in [0.05, 0.1) is 5.02 Å². The minimum Gasteiger partial charge on any atom is -0.508 e. The maximum atomic E-state index is 9.23. The molecule has 0 aliphatic carbocycles. The Kier molecular flexibility index (Phi) is 3.44. The zero-order valence-corrected chi connectivity index (χ0v) is 11.5. The number of benzene rings is 2. The van der Waals surface area contributed by atoms with Gasteiger partial charge in [0, 0.05) is 10.6 Å². The van der Waals surface area contributed by atoms with Crippen LogP contribution >= 0.6 is 23.4 Å². The molecule has 98 valence electrons. The first-order valence-corrected chi connectivity index (χ1v) is 7.08. The van der Waals surface area contributed by atoms with E-state index in [1.807, 2.05) is 24.3 Å². The molecule has 1 N–H and O–H groups in total. The molecule has 0 radical (unpaired) electrons. The molecule has 0 atom stereocenters. The third-order valence-corrected chi connectivity index (χ3v) is 4.09. The Bertz CT molecular complexity index is 598. The number of ether oxygens (including phenoxy) is 2. The fourth-order valence-corrected chi connectivity index (χ4v) is 2.93. The summed E-state index contributed by atoms with van der Waals surface area (Å²) in [4.78, 5) is 1.09. The van der Waals surface area contributed by atoms with Crippen molar-refractivity contribution in [2.24, 2.45) is 0 Å². The van der Waals surface area contributed by atoms with Gasteiger partial charge in [-0.3, -0.25) is 0 Å². The molecular formula is C14H11ClO3S. The highest BCUT2D eigenvalue weighted by molar-refractivity contribution is 7.98. The Balaban J connectivity index is 1.73. The molecule has 0 unspecified atom stereocenters. The van der Waals surface area contributed by atoms with Crippen LogP contribution in [0.1, 0.15) is 5.56 Å². The van der Waals surface area contributed by atoms with Crippen LogP contribution in [-0.4, -0.2) is 11.9 Å². The average molecular weight is 295 g/mol. The van der Waals surface area contributed by atoms with Crippen LogP contribution in [0, 0.1) is 0 Å². The highest BCUT2D eigenvalue weighted by atomic mass is 35.5. The highest BCUT2D eigenvalue weighted by Gasteiger charge is 2.18. The molecule has 1 aliphatic rings. The van der Waals surface area contributed by atoms with Crippen molar-refractivity contribution in [3.05, 3.63) is 47.0 Å². The summed E-state index contributed by atoms with van der Waals surface area (Å²) in [5.41, 5.74) is 1.08. The molecule has 0 spiro atoms. The van der Waals surface area contributed by atoms with Crippen LogP contribution in [0.5, 0.6) is 17.2 Å². The summed E-state index contributed by atoms with van der Waals surface area (Å²) in [5.74, 6) is 2.38. The SMILES string of the molecule is Oc1ccc(SCc2cc(Cl)c3c(c2)OCO3)cc1. The van der Waals surface area contributed by atoms with Gasteiger partial charge in [0.25, 0.3) is 0 Å². The monoisotopic (exact) mass is 294 g/mol. The lowest BCUT2D eigenvalue weighted by molar-refractivity contribution is 0.174. The average Bonchev–Trinajstić information content (AvgIpc) is 2.87. The number of phenols is 1. The summed E-state index contributed by atoms with van der Waals surface area (Å²) < 4.78 is 10.6. The van der Waals surface area contributed by atoms with Crippen LogP contribution in [0.2, 0.25) is 5.02 Å². The van der Waals surface area contributed by atoms with Crippen molar-refractivity contribution in [1.82, 2.24) is 0 Å². The summed E-state index contributed by atoms with van der Waals surface area (Å²) >= 11 is 7.80. The molecule has 0 saturated carbocycles. The van der Waals surface area contributed by atoms with Gasteiger partial charge in [-0.15, -0.1) is 11.8 Å². The first kappa shape index (κ1) is 12.5. The van der Waals surface area contributed by atoms with Crippen molar-refractivity contribution in [2.45, 2.75) is 10.6 Å². The molecule has 5 heteroatoms. The van der Waals surface area contributed by atoms with Crippen LogP contribution in [0.25, 0.3) is 0 Å². The molecule has 2 aromatic carbocycles. The lowest BCUT2D eigenvalue weighted by atomic mass is 10.2. The van der Waals surface area contributed by atoms with Gasteiger partial charge in [0.15, 0.2) is 11.5 Å². The maximum Gasteiger partial charge on any atom is 0.231 e. The smallest absolute Gasteiger partial charge is 0.231 e. The highest BCUT2D eigenvalue weighted by Crippen LogP contribution is 2.40. The van der Waals surface area contributed by atoms with Gasteiger partial charge < -0.3 is 14.6 Å². The molecule has 1 aliphatic heterocycles. The number of halogens is 1. The van der Waals surface area contributed by atoms with E-state index in [1.54, 1.807) is 23.9 Å². The minimum absolute atomic E-state index is 0.226. The van der Waals surface area contributed by atoms with Crippen LogP contribution in [0.15, 0.2) is 41.3 Å². The van der Waals surface area contributed by atoms with Crippen LogP contribution < -0.4 is 9.47 Å². The standard InChI is InChI=1S/C14H11ClO3S/c15-12-5-9(6-13-14(12)18-8-17-13)7-19-11-3-1-10(16)2-4-11/h1-6,16H,7-8H2. The molecule has 0 aromatic heterocycles. The van der Waals surface area contributed by atoms with Crippen LogP contribution in [0.4, 0.5) is 0 Å². The van der Waals surface area contributed by atoms with Crippen LogP contribution in [0.3, 0.4) is 0 Å². The predicted molar refractivity (Wildman–Crippen MR) is 75.2 cm³/mol. The molecule has 0 fully saturated rings. The molecule has 0 saturated heterocycles. The predicted octanol–water partition coefficient (Wildman–Crippen LogP) is 4.07. The van der Waals surface area contributed by atoms with Crippen molar-refractivity contribution in [2.75, 3.05) is 6.79 Å². The minimum atomic E-state index is 0.226. The van der Waals surface area contributed by atoms with E-state index < -0.39 is 0 Å². The molecule has 3 rings (SSSR count). The number of aromatic hydroxyl groups is 1. The van der Waals surface area contributed by atoms with Gasteiger partial charge >= 0.3 is 0 Å². The quantitative estimate of drug-likeness (QED) is 0.866. The fraction of sp³-hybridized carbons (Fsp3) is 0.143. The number of hydrogen-bond acceptors (Lipinski definition) is 4. The molecule has 0 bridgehead atoms. The van der Waals surface area contributed by atoms with Gasteiger partial charge in [-0.05, 0) is 42.0 Å². The van der Waals surface area contributed by atoms with E-state index >= 15 is 0 Å². The zero-order valence-electron chi connectivity index (χ0n) is 9.93. The number of hydrogen-bond donors (Lipinski definition) is 1. The fourth-order valence-electron chi connectivity index (χ4n) is 1.81. The molecule has 0 amide bonds. The van der Waals surface area contributed by atoms with E-state index in [-0.39, 0.29) is 12.5 Å². The Labute approximate surface area is 120 Å². The molecular weight excluding hydrogens is 284 g/mol. The molecule has 19 heavy (non-hydrogen) atoms. The third-order valence-electron chi connectivity index (χ3n) is 2.73. The van der Waals surface area contributed by atoms with E-state index in [9.17, 15) is 5.11 Å². The summed E-state index contributed by atoms with van der Waals surface area (Å²) in [5, 5.41) is 9.81. The van der Waals surface area contributed by atoms with Gasteiger partial charge in [-0.1, -0.05) is 11.6 Å². The lowest BCUT2D eigenvalue weighted by Gasteiger charge is -2.05. The first-order chi connectivity index (χ1) is 9.22. The summed E-state index contributed by atoms with van der Waals surface area (Å²) in [7, 11) is 0. The zero-order chi connectivity index (χ0) is 13.2. The van der Waals surface area contributed by atoms with E-state index in [1.165, 1.54) is 0 Å². The Morgan fingerprint density at radius 1 is 1.16 bits per heavy atom. The second-order valence-electron chi connectivity index (χ2n) is 4.09. The summed E-state index contributed by atoms with van der Waals surface area (Å²) in [6.07, 6.45) is 0. The van der Waals surface area contributed by atoms with E-state index in [0.717, 1.165) is 16.2 Å². The van der Waals surface area contributed by atoms with E-state index in [2.05, 4.69) is 0 Å². The Morgan fingerprint density at radius 2 is 1.95 bits per heavy atom. The van der Waals surface area contributed by atoms with E-state index in [4.69, 9.17) is 21.1 Å². The topological polar surface area (TPSA) is 38.7 Å². The van der Waals surface area contributed by atoms with Crippen molar-refractivity contribution in [3.63, 3.8) is 0 Å². The normalized spacial score (nSPS) is 12.7. The van der Waals surface area contributed by atoms with Gasteiger partial charge in [0.1, 0.15) is 5.75 Å². The van der Waals surface area contributed by atoms with Crippen molar-refractivity contribution >= 4 is 23.4 Å². The van der Waals surface area contributed by atoms with Crippen molar-refractivity contribution in [1.29, 1.82) is 0 Å². The molecule has 3 nitrogen and oxygen atoms in total. The summed E-state index contributed by atoms with van der Waals surface area (Å²) in [6.45, 7) is 0.226. The van der Waals surface area contributed by atoms with Gasteiger partial charge in [0.2, 0.25) is 6.79 Å². The van der Waals surface area contributed by atoms with Gasteiger partial charge in [-0.2, -0.15) is 0 Å². The van der Waals surface area contributed by atoms with Crippen molar-refractivity contribution in [3.8, 4) is 17.2 Å². The number of rotatable bonds is 3. The summed E-state index contributed by atoms with van der Waals surface area (Å²) in [6, 6.07) is 11.0. The maximum absolute atomic E-state index is 9.23. The van der Waals surface area contributed by atoms with Gasteiger partial charge in [-0.25, -0.2) is 0 Å². The molecule has 2 aromatic rings. The Morgan fingerprint density at radius 3 is 2.74 bits per heavy atom. The third kappa shape index (κ3) is 2.74. The van der Waals surface area contributed by atoms with E-state index in [0.29, 0.717) is 16.5 Å². The lowest BCUT2D eigenvalue weighted by Crippen LogP contribution is -1.93. The number of phenolic OH excluding ortho intramolecular Hbond substituents is 1. The number of thioether (sulfide) groups is 1. The first-order valence-electron chi connectivity index (χ1n) is 5.72. The number of fused-ring (bicyclic) bond motifs is 1. The molecule has 1 heterocycles. The second-order valence-corrected chi connectivity index (χ2v) is 5.55. The second kappa shape index (κ2) is 5.23. The van der Waals surface area contributed by atoms with Crippen LogP contribution in [-0.2, 0) is 5.75 Å².